The molecule has 0 bridgehead atoms. The molecule has 3 aromatic rings. The van der Waals surface area contributed by atoms with Crippen LogP contribution in [0.3, 0.4) is 0 Å². The zero-order valence-electron chi connectivity index (χ0n) is 15.0. The Labute approximate surface area is 166 Å². The molecule has 1 fully saturated rings. The molecule has 2 aromatic carbocycles. The van der Waals surface area contributed by atoms with Gasteiger partial charge < -0.3 is 19.9 Å². The molecule has 4 rings (SSSR count). The van der Waals surface area contributed by atoms with Gasteiger partial charge in [-0.25, -0.2) is 9.69 Å². The summed E-state index contributed by atoms with van der Waals surface area (Å²) in [6, 6.07) is 12.2. The molecule has 1 aromatic heterocycles. The normalized spacial score (nSPS) is 19.1. The van der Waals surface area contributed by atoms with E-state index in [1.807, 2.05) is 0 Å². The van der Waals surface area contributed by atoms with Crippen LogP contribution >= 0.6 is 0 Å². The minimum absolute atomic E-state index is 0.0807. The number of benzene rings is 1. The van der Waals surface area contributed by atoms with Crippen LogP contribution in [0.1, 0.15) is 5.56 Å². The molecule has 1 amide bonds. The molecule has 0 radical (unpaired) electrons. The lowest BCUT2D eigenvalue weighted by atomic mass is 10.0. The summed E-state index contributed by atoms with van der Waals surface area (Å²) in [5.41, 5.74) is -1.98. The first kappa shape index (κ1) is 19.8. The van der Waals surface area contributed by atoms with E-state index in [1.165, 1.54) is 24.3 Å². The predicted molar refractivity (Wildman–Crippen MR) is 98.5 cm³/mol. The molecule has 0 spiro atoms. The standard InChI is InChI=1S/C20H13F3N2O5/c21-20(22,23)14-4-2-1-3-12(14)15-7-10-5-6-11(8-13(10)17(27)24-15)25-18(28)16(9-26)30-19(25)29/h2,4-8,16,18,26,28H,9H2,(H,24,27). The monoisotopic (exact) mass is 418 g/mol. The van der Waals surface area contributed by atoms with E-state index in [1.54, 1.807) is 0 Å². The maximum Gasteiger partial charge on any atom is 0.417 e. The van der Waals surface area contributed by atoms with Crippen molar-refractivity contribution in [2.24, 2.45) is 0 Å². The zero-order valence-corrected chi connectivity index (χ0v) is 15.0. The number of aromatic amines is 1. The number of pyridine rings is 1. The summed E-state index contributed by atoms with van der Waals surface area (Å²) in [5, 5.41) is 19.7. The fourth-order valence-electron chi connectivity index (χ4n) is 3.28. The number of cyclic esters (lactones) is 1. The molecule has 10 heteroatoms. The van der Waals surface area contributed by atoms with Crippen molar-refractivity contribution >= 4 is 22.6 Å². The minimum atomic E-state index is -4.65. The summed E-state index contributed by atoms with van der Waals surface area (Å²) in [7, 11) is 0. The Kier molecular flexibility index (Phi) is 4.64. The third-order valence-electron chi connectivity index (χ3n) is 4.71. The van der Waals surface area contributed by atoms with Crippen molar-refractivity contribution in [1.82, 2.24) is 4.98 Å². The molecule has 0 saturated carbocycles. The number of amides is 1. The van der Waals surface area contributed by atoms with Crippen molar-refractivity contribution in [2.75, 3.05) is 11.5 Å². The van der Waals surface area contributed by atoms with Crippen LogP contribution < -0.4 is 10.5 Å². The Balaban J connectivity index is 1.81. The molecule has 1 aliphatic heterocycles. The van der Waals surface area contributed by atoms with Crippen LogP contribution in [0.15, 0.2) is 41.2 Å². The Morgan fingerprint density at radius 1 is 1.20 bits per heavy atom. The van der Waals surface area contributed by atoms with Gasteiger partial charge in [0.15, 0.2) is 12.3 Å². The topological polar surface area (TPSA) is 103 Å². The van der Waals surface area contributed by atoms with Crippen molar-refractivity contribution in [3.05, 3.63) is 64.4 Å². The third kappa shape index (κ3) is 3.24. The third-order valence-corrected chi connectivity index (χ3v) is 4.71. The number of nitrogens with one attached hydrogen (secondary N) is 1. The van der Waals surface area contributed by atoms with Gasteiger partial charge in [-0.05, 0) is 35.7 Å². The van der Waals surface area contributed by atoms with E-state index >= 15 is 0 Å². The molecule has 30 heavy (non-hydrogen) atoms. The molecule has 154 valence electrons. The quantitative estimate of drug-likeness (QED) is 0.607. The molecule has 1 aliphatic rings. The van der Waals surface area contributed by atoms with Gasteiger partial charge >= 0.3 is 12.3 Å². The van der Waals surface area contributed by atoms with Gasteiger partial charge in [-0.15, -0.1) is 0 Å². The number of hydrogen-bond donors (Lipinski definition) is 3. The Morgan fingerprint density at radius 3 is 2.63 bits per heavy atom. The first-order valence-electron chi connectivity index (χ1n) is 8.66. The molecule has 2 atom stereocenters. The SMILES string of the molecule is O=C1OC(CO)C(O)N1c1ccc2cc(-c3c#cccc3C(F)(F)F)[nH]c(=O)c2c1. The van der Waals surface area contributed by atoms with Crippen LogP contribution in [0.5, 0.6) is 0 Å². The van der Waals surface area contributed by atoms with Gasteiger partial charge in [-0.2, -0.15) is 13.2 Å². The van der Waals surface area contributed by atoms with E-state index < -0.39 is 42.3 Å². The Morgan fingerprint density at radius 2 is 1.97 bits per heavy atom. The fourth-order valence-corrected chi connectivity index (χ4v) is 3.28. The van der Waals surface area contributed by atoms with Gasteiger partial charge in [-0.1, -0.05) is 18.2 Å². The van der Waals surface area contributed by atoms with Crippen LogP contribution in [-0.2, 0) is 10.9 Å². The lowest BCUT2D eigenvalue weighted by Gasteiger charge is -2.19. The fraction of sp³-hybridized carbons (Fsp3) is 0.200. The Bertz CT molecular complexity index is 1190. The second-order valence-electron chi connectivity index (χ2n) is 6.56. The van der Waals surface area contributed by atoms with Gasteiger partial charge in [0.2, 0.25) is 0 Å². The minimum Gasteiger partial charge on any atom is -0.438 e. The number of aliphatic hydroxyl groups is 2. The summed E-state index contributed by atoms with van der Waals surface area (Å²) in [6.07, 6.45) is -8.15. The molecule has 7 nitrogen and oxygen atoms in total. The number of carbonyl (C=O) groups is 1. The number of alkyl halides is 3. The zero-order chi connectivity index (χ0) is 21.6. The van der Waals surface area contributed by atoms with Gasteiger partial charge in [-0.3, -0.25) is 4.79 Å². The largest absolute Gasteiger partial charge is 0.438 e. The summed E-state index contributed by atoms with van der Waals surface area (Å²) in [5.74, 6) is 0. The van der Waals surface area contributed by atoms with Crippen LogP contribution in [0.2, 0.25) is 0 Å². The average Bonchev–Trinajstić information content (AvgIpc) is 3.00. The number of aromatic nitrogens is 1. The summed E-state index contributed by atoms with van der Waals surface area (Å²) in [4.78, 5) is 27.8. The van der Waals surface area contributed by atoms with Crippen LogP contribution in [0.4, 0.5) is 23.7 Å². The summed E-state index contributed by atoms with van der Waals surface area (Å²) >= 11 is 0. The lowest BCUT2D eigenvalue weighted by molar-refractivity contribution is -0.137. The first-order chi connectivity index (χ1) is 14.2. The summed E-state index contributed by atoms with van der Waals surface area (Å²) in [6.45, 7) is -0.590. The number of aliphatic hydroxyl groups excluding tert-OH is 2. The van der Waals surface area contributed by atoms with E-state index in [2.05, 4.69) is 17.1 Å². The molecule has 2 unspecified atom stereocenters. The second-order valence-corrected chi connectivity index (χ2v) is 6.56. The highest BCUT2D eigenvalue weighted by Gasteiger charge is 2.41. The van der Waals surface area contributed by atoms with E-state index in [0.717, 1.165) is 17.0 Å². The smallest absolute Gasteiger partial charge is 0.417 e. The number of halogens is 3. The van der Waals surface area contributed by atoms with E-state index in [4.69, 9.17) is 9.84 Å². The van der Waals surface area contributed by atoms with Crippen LogP contribution in [0, 0.1) is 12.1 Å². The van der Waals surface area contributed by atoms with Crippen molar-refractivity contribution in [2.45, 2.75) is 18.5 Å². The summed E-state index contributed by atoms with van der Waals surface area (Å²) < 4.78 is 44.7. The molecule has 3 N–H and O–H groups in total. The first-order valence-corrected chi connectivity index (χ1v) is 8.66. The van der Waals surface area contributed by atoms with Crippen molar-refractivity contribution < 1.29 is 32.9 Å². The van der Waals surface area contributed by atoms with Gasteiger partial charge in [0.05, 0.1) is 29.1 Å². The number of fused-ring (bicyclic) bond motifs is 1. The predicted octanol–water partition coefficient (Wildman–Crippen LogP) is 2.45. The number of ether oxygens (including phenoxy) is 1. The van der Waals surface area contributed by atoms with E-state index in [0.29, 0.717) is 5.39 Å². The molecular weight excluding hydrogens is 405 g/mol. The highest BCUT2D eigenvalue weighted by atomic mass is 19.4. The maximum atomic E-state index is 13.3. The number of rotatable bonds is 3. The highest BCUT2D eigenvalue weighted by Crippen LogP contribution is 2.36. The number of carbonyl (C=O) groups excluding carboxylic acids is 1. The number of H-pyrrole nitrogens is 1. The maximum absolute atomic E-state index is 13.3. The average molecular weight is 418 g/mol. The lowest BCUT2D eigenvalue weighted by Crippen LogP contribution is -2.37. The van der Waals surface area contributed by atoms with Crippen molar-refractivity contribution in [3.63, 3.8) is 0 Å². The Hall–Kier alpha value is -3.55. The van der Waals surface area contributed by atoms with Crippen LogP contribution in [0.25, 0.3) is 22.0 Å². The molecule has 2 heterocycles. The molecular formula is C20H13F3N2O5. The number of nitrogens with zero attached hydrogens (tertiary/aromatic N) is 1. The molecule has 0 aliphatic carbocycles. The van der Waals surface area contributed by atoms with E-state index in [-0.39, 0.29) is 22.3 Å². The van der Waals surface area contributed by atoms with Gasteiger partial charge in [0.25, 0.3) is 5.56 Å². The second kappa shape index (κ2) is 7.05. The van der Waals surface area contributed by atoms with Gasteiger partial charge in [0.1, 0.15) is 0 Å². The number of hydrogen-bond acceptors (Lipinski definition) is 5. The number of anilines is 1. The van der Waals surface area contributed by atoms with Crippen molar-refractivity contribution in [1.29, 1.82) is 0 Å². The van der Waals surface area contributed by atoms with Crippen LogP contribution in [-0.4, -0.2) is 40.2 Å². The molecule has 1 saturated heterocycles. The van der Waals surface area contributed by atoms with Gasteiger partial charge in [0, 0.05) is 5.39 Å². The highest BCUT2D eigenvalue weighted by molar-refractivity contribution is 5.95. The van der Waals surface area contributed by atoms with E-state index in [9.17, 15) is 27.9 Å². The van der Waals surface area contributed by atoms with Crippen molar-refractivity contribution in [3.8, 4) is 11.3 Å².